The van der Waals surface area contributed by atoms with Crippen LogP contribution < -0.4 is 20.8 Å². The predicted molar refractivity (Wildman–Crippen MR) is 195 cm³/mol. The highest BCUT2D eigenvalue weighted by Gasteiger charge is 2.32. The van der Waals surface area contributed by atoms with E-state index in [1.807, 2.05) is 66.7 Å². The van der Waals surface area contributed by atoms with Crippen molar-refractivity contribution in [1.29, 1.82) is 0 Å². The minimum absolute atomic E-state index is 0.225. The van der Waals surface area contributed by atoms with Crippen LogP contribution in [-0.2, 0) is 14.3 Å². The molecule has 9 nitrogen and oxygen atoms in total. The Balaban J connectivity index is 1.25. The van der Waals surface area contributed by atoms with E-state index in [1.54, 1.807) is 32.2 Å². The van der Waals surface area contributed by atoms with E-state index in [1.165, 1.54) is 0 Å². The number of nitrogens with zero attached hydrogens (tertiary/aromatic N) is 2. The van der Waals surface area contributed by atoms with Crippen molar-refractivity contribution in [2.24, 2.45) is 5.10 Å². The van der Waals surface area contributed by atoms with Gasteiger partial charge in [0.05, 0.1) is 35.8 Å². The minimum atomic E-state index is -0.631. The van der Waals surface area contributed by atoms with Gasteiger partial charge in [-0.2, -0.15) is 5.10 Å². The molecule has 10 heteroatoms. The van der Waals surface area contributed by atoms with Crippen LogP contribution in [0.15, 0.2) is 138 Å². The smallest absolute Gasteiger partial charge is 0.338 e. The summed E-state index contributed by atoms with van der Waals surface area (Å²) in [7, 11) is 0. The van der Waals surface area contributed by atoms with Gasteiger partial charge in [-0.15, -0.1) is 0 Å². The molecule has 1 amide bonds. The highest BCUT2D eigenvalue weighted by Crippen LogP contribution is 2.36. The number of carbonyl (C=O) groups excluding carboxylic acids is 2. The monoisotopic (exact) mass is 669 g/mol. The Kier molecular flexibility index (Phi) is 10.3. The maximum atomic E-state index is 13.0. The van der Waals surface area contributed by atoms with Crippen molar-refractivity contribution < 1.29 is 19.1 Å². The molecule has 1 aliphatic heterocycles. The summed E-state index contributed by atoms with van der Waals surface area (Å²) in [6.45, 7) is 3.43. The Labute approximate surface area is 290 Å². The number of allylic oxidation sites excluding steroid dienone is 1. The van der Waals surface area contributed by atoms with Gasteiger partial charge in [-0.3, -0.25) is 4.79 Å². The van der Waals surface area contributed by atoms with E-state index in [9.17, 15) is 9.59 Å². The van der Waals surface area contributed by atoms with Crippen LogP contribution in [0.1, 0.15) is 31.0 Å². The summed E-state index contributed by atoms with van der Waals surface area (Å²) in [5, 5.41) is 10.8. The van der Waals surface area contributed by atoms with Gasteiger partial charge in [0, 0.05) is 22.5 Å². The maximum absolute atomic E-state index is 13.0. The number of rotatable bonds is 11. The van der Waals surface area contributed by atoms with Crippen molar-refractivity contribution in [3.8, 4) is 34.0 Å². The van der Waals surface area contributed by atoms with Crippen molar-refractivity contribution in [3.63, 3.8) is 0 Å². The van der Waals surface area contributed by atoms with E-state index in [0.717, 1.165) is 33.8 Å². The van der Waals surface area contributed by atoms with E-state index in [-0.39, 0.29) is 13.2 Å². The molecule has 0 unspecified atom stereocenters. The molecule has 0 saturated carbocycles. The van der Waals surface area contributed by atoms with E-state index in [0.29, 0.717) is 27.7 Å². The van der Waals surface area contributed by atoms with Crippen LogP contribution in [0.4, 0.5) is 0 Å². The van der Waals surface area contributed by atoms with Gasteiger partial charge in [0.1, 0.15) is 5.75 Å². The summed E-state index contributed by atoms with van der Waals surface area (Å²) in [6, 6.07) is 39.0. The number of aromatic nitrogens is 1. The average molecular weight is 670 g/mol. The lowest BCUT2D eigenvalue weighted by atomic mass is 9.95. The lowest BCUT2D eigenvalue weighted by Crippen LogP contribution is -2.45. The van der Waals surface area contributed by atoms with Gasteiger partial charge in [0.15, 0.2) is 11.7 Å². The molecule has 4 aromatic carbocycles. The molecular weight excluding hydrogens is 635 g/mol. The number of nitrogens with one attached hydrogen (secondary N) is 3. The topological polar surface area (TPSA) is 106 Å². The van der Waals surface area contributed by atoms with E-state index in [4.69, 9.17) is 21.7 Å². The lowest BCUT2D eigenvalue weighted by molar-refractivity contribution is -0.139. The molecule has 3 N–H and O–H groups in total. The Morgan fingerprint density at radius 2 is 1.53 bits per heavy atom. The van der Waals surface area contributed by atoms with Crippen LogP contribution in [0.2, 0.25) is 0 Å². The zero-order valence-electron chi connectivity index (χ0n) is 27.1. The molecule has 0 saturated heterocycles. The fourth-order valence-corrected chi connectivity index (χ4v) is 6.06. The summed E-state index contributed by atoms with van der Waals surface area (Å²) in [6.07, 6.45) is 1.65. The van der Waals surface area contributed by atoms with Crippen molar-refractivity contribution in [1.82, 2.24) is 20.6 Å². The largest absolute Gasteiger partial charge is 0.483 e. The Morgan fingerprint density at radius 1 is 0.898 bits per heavy atom. The van der Waals surface area contributed by atoms with E-state index in [2.05, 4.69) is 68.2 Å². The first-order valence-corrected chi connectivity index (χ1v) is 16.3. The standard InChI is InChI=1S/C39H35N5O4S/c1-3-47-38(46)35-26(2)41-39(49)42-36(35)31-21-13-14-22-33(31)48-25-34(45)43-40-24-29-23-32(27-15-7-4-8-16-27)44(30-19-11-6-12-20-30)37(29)28-17-9-5-10-18-28/h4-24,36H,3,25H2,1-2H3,(H,43,45)(H2,41,42,49)/t36-/m0/s1. The molecule has 0 aliphatic carbocycles. The van der Waals surface area contributed by atoms with Gasteiger partial charge >= 0.3 is 5.97 Å². The van der Waals surface area contributed by atoms with Gasteiger partial charge in [0.25, 0.3) is 5.91 Å². The second-order valence-corrected chi connectivity index (χ2v) is 11.6. The fraction of sp³-hybridized carbons (Fsp3) is 0.128. The minimum Gasteiger partial charge on any atom is -0.483 e. The number of thiocarbonyl (C=S) groups is 1. The molecule has 246 valence electrons. The molecule has 0 spiro atoms. The van der Waals surface area contributed by atoms with Crippen LogP contribution in [0.25, 0.3) is 28.2 Å². The fourth-order valence-electron chi connectivity index (χ4n) is 5.79. The zero-order valence-corrected chi connectivity index (χ0v) is 27.9. The summed E-state index contributed by atoms with van der Waals surface area (Å²) in [5.74, 6) is -0.512. The Bertz CT molecular complexity index is 2020. The van der Waals surface area contributed by atoms with Crippen LogP contribution in [-0.4, -0.2) is 41.0 Å². The molecule has 6 rings (SSSR count). The zero-order chi connectivity index (χ0) is 34.2. The molecule has 1 atom stereocenters. The summed E-state index contributed by atoms with van der Waals surface area (Å²) < 4.78 is 13.5. The van der Waals surface area contributed by atoms with Gasteiger partial charge in [0.2, 0.25) is 0 Å². The van der Waals surface area contributed by atoms with Crippen LogP contribution in [0.5, 0.6) is 5.75 Å². The number of esters is 1. The molecule has 1 aromatic heterocycles. The highest BCUT2D eigenvalue weighted by molar-refractivity contribution is 7.80. The molecule has 2 heterocycles. The number of amides is 1. The number of benzene rings is 4. The first-order chi connectivity index (χ1) is 23.9. The van der Waals surface area contributed by atoms with Crippen LogP contribution >= 0.6 is 12.2 Å². The second-order valence-electron chi connectivity index (χ2n) is 11.1. The van der Waals surface area contributed by atoms with Gasteiger partial charge < -0.3 is 24.7 Å². The third kappa shape index (κ3) is 7.45. The third-order valence-electron chi connectivity index (χ3n) is 7.91. The van der Waals surface area contributed by atoms with Crippen LogP contribution in [0, 0.1) is 0 Å². The van der Waals surface area contributed by atoms with Crippen molar-refractivity contribution >= 4 is 35.4 Å². The first kappa shape index (κ1) is 32.9. The Hall–Kier alpha value is -6.00. The summed E-state index contributed by atoms with van der Waals surface area (Å²) in [4.78, 5) is 25.9. The van der Waals surface area contributed by atoms with Gasteiger partial charge in [-0.1, -0.05) is 97.1 Å². The van der Waals surface area contributed by atoms with Crippen LogP contribution in [0.3, 0.4) is 0 Å². The molecule has 0 radical (unpaired) electrons. The van der Waals surface area contributed by atoms with Gasteiger partial charge in [-0.25, -0.2) is 10.2 Å². The number of hydrazone groups is 1. The van der Waals surface area contributed by atoms with E-state index < -0.39 is 17.9 Å². The summed E-state index contributed by atoms with van der Waals surface area (Å²) >= 11 is 5.38. The van der Waals surface area contributed by atoms with Crippen molar-refractivity contribution in [2.75, 3.05) is 13.2 Å². The normalized spacial score (nSPS) is 14.2. The second kappa shape index (κ2) is 15.3. The first-order valence-electron chi connectivity index (χ1n) is 15.9. The van der Waals surface area contributed by atoms with Gasteiger partial charge in [-0.05, 0) is 61.5 Å². The Morgan fingerprint density at radius 3 is 2.22 bits per heavy atom. The number of hydrogen-bond donors (Lipinski definition) is 3. The van der Waals surface area contributed by atoms with Crippen molar-refractivity contribution in [3.05, 3.63) is 144 Å². The highest BCUT2D eigenvalue weighted by atomic mass is 32.1. The SMILES string of the molecule is CCOC(=O)C1=C(C)NC(=S)N[C@H]1c1ccccc1OCC(=O)NN=Cc1cc(-c2ccccc2)n(-c2ccccc2)c1-c1ccccc1. The summed E-state index contributed by atoms with van der Waals surface area (Å²) in [5.41, 5.74) is 9.98. The molecule has 49 heavy (non-hydrogen) atoms. The maximum Gasteiger partial charge on any atom is 0.338 e. The number of ether oxygens (including phenoxy) is 2. The van der Waals surface area contributed by atoms with E-state index >= 15 is 0 Å². The average Bonchev–Trinajstić information content (AvgIpc) is 3.51. The number of para-hydroxylation sites is 2. The quantitative estimate of drug-likeness (QED) is 0.0623. The number of hydrogen-bond acceptors (Lipinski definition) is 6. The molecule has 0 bridgehead atoms. The molecule has 1 aliphatic rings. The molecular formula is C39H35N5O4S. The lowest BCUT2D eigenvalue weighted by Gasteiger charge is -2.30. The predicted octanol–water partition coefficient (Wildman–Crippen LogP) is 6.70. The molecule has 0 fully saturated rings. The molecule has 5 aromatic rings. The number of carbonyl (C=O) groups is 2. The third-order valence-corrected chi connectivity index (χ3v) is 8.13. The van der Waals surface area contributed by atoms with Crippen molar-refractivity contribution in [2.45, 2.75) is 19.9 Å².